The largest absolute Gasteiger partial charge is 0.360 e. The molecule has 2 unspecified atom stereocenters. The molecule has 2 rings (SSSR count). The van der Waals surface area contributed by atoms with Gasteiger partial charge in [0.1, 0.15) is 10.6 Å². The van der Waals surface area contributed by atoms with Crippen molar-refractivity contribution < 1.29 is 12.9 Å². The van der Waals surface area contributed by atoms with Gasteiger partial charge in [-0.05, 0) is 33.1 Å². The summed E-state index contributed by atoms with van der Waals surface area (Å²) in [4.78, 5) is 0.202. The fourth-order valence-electron chi connectivity index (χ4n) is 2.37. The molecule has 0 spiro atoms. The van der Waals surface area contributed by atoms with Gasteiger partial charge in [-0.1, -0.05) is 5.16 Å². The van der Waals surface area contributed by atoms with Crippen molar-refractivity contribution in [3.63, 3.8) is 0 Å². The number of halogens is 1. The molecule has 1 aliphatic rings. The van der Waals surface area contributed by atoms with Crippen LogP contribution in [0.4, 0.5) is 0 Å². The van der Waals surface area contributed by atoms with Crippen LogP contribution in [0.3, 0.4) is 0 Å². The Kier molecular flexibility index (Phi) is 5.00. The lowest BCUT2D eigenvalue weighted by Crippen LogP contribution is -2.33. The summed E-state index contributed by atoms with van der Waals surface area (Å²) in [7, 11) is -3.50. The third-order valence-corrected chi connectivity index (χ3v) is 5.61. The Balaban J connectivity index is 0.00000180. The standard InChI is InChI=1S/C11H19N3O3S.ClH/c1-7(12)10-4-5-14(6-10)18(15,16)11-8(2)13-17-9(11)3;/h7,10H,4-6,12H2,1-3H3;1H. The SMILES string of the molecule is Cc1noc(C)c1S(=O)(=O)N1CCC(C(C)N)C1.Cl. The summed E-state index contributed by atoms with van der Waals surface area (Å²) in [5.74, 6) is 0.567. The summed E-state index contributed by atoms with van der Waals surface area (Å²) in [6.07, 6.45) is 0.806. The summed E-state index contributed by atoms with van der Waals surface area (Å²) in [5, 5.41) is 3.70. The maximum Gasteiger partial charge on any atom is 0.248 e. The van der Waals surface area contributed by atoms with E-state index in [2.05, 4.69) is 5.16 Å². The smallest absolute Gasteiger partial charge is 0.248 e. The lowest BCUT2D eigenvalue weighted by molar-refractivity contribution is 0.389. The van der Waals surface area contributed by atoms with Crippen LogP contribution in [0.15, 0.2) is 9.42 Å². The third-order valence-electron chi connectivity index (χ3n) is 3.50. The highest BCUT2D eigenvalue weighted by Crippen LogP contribution is 2.28. The molecule has 110 valence electrons. The molecule has 0 amide bonds. The molecule has 1 saturated heterocycles. The molecular formula is C11H20ClN3O3S. The van der Waals surface area contributed by atoms with Gasteiger partial charge >= 0.3 is 0 Å². The summed E-state index contributed by atoms with van der Waals surface area (Å²) in [5.41, 5.74) is 6.24. The zero-order valence-electron chi connectivity index (χ0n) is 11.3. The van der Waals surface area contributed by atoms with Crippen LogP contribution in [0.25, 0.3) is 0 Å². The number of nitrogens with two attached hydrogens (primary N) is 1. The molecule has 1 aromatic rings. The predicted molar refractivity (Wildman–Crippen MR) is 73.7 cm³/mol. The van der Waals surface area contributed by atoms with Crippen LogP contribution < -0.4 is 5.73 Å². The van der Waals surface area contributed by atoms with E-state index in [1.165, 1.54) is 4.31 Å². The number of aryl methyl sites for hydroxylation is 2. The van der Waals surface area contributed by atoms with Gasteiger partial charge in [-0.3, -0.25) is 0 Å². The summed E-state index contributed by atoms with van der Waals surface area (Å²) in [6.45, 7) is 6.16. The van der Waals surface area contributed by atoms with Gasteiger partial charge in [0.15, 0.2) is 5.76 Å². The molecule has 8 heteroatoms. The van der Waals surface area contributed by atoms with Gasteiger partial charge in [-0.25, -0.2) is 8.42 Å². The van der Waals surface area contributed by atoms with E-state index in [1.807, 2.05) is 6.92 Å². The van der Waals surface area contributed by atoms with Crippen molar-refractivity contribution in [1.29, 1.82) is 0 Å². The molecule has 2 heterocycles. The van der Waals surface area contributed by atoms with Crippen LogP contribution in [0, 0.1) is 19.8 Å². The fourth-order valence-corrected chi connectivity index (χ4v) is 4.18. The highest BCUT2D eigenvalue weighted by atomic mass is 35.5. The van der Waals surface area contributed by atoms with Gasteiger partial charge in [0, 0.05) is 19.1 Å². The second kappa shape index (κ2) is 5.78. The minimum atomic E-state index is -3.50. The molecular weight excluding hydrogens is 290 g/mol. The average molecular weight is 310 g/mol. The molecule has 0 radical (unpaired) electrons. The first kappa shape index (κ1) is 16.4. The zero-order valence-corrected chi connectivity index (χ0v) is 12.9. The minimum Gasteiger partial charge on any atom is -0.360 e. The molecule has 2 atom stereocenters. The topological polar surface area (TPSA) is 89.4 Å². The number of sulfonamides is 1. The van der Waals surface area contributed by atoms with Crippen molar-refractivity contribution in [2.24, 2.45) is 11.7 Å². The number of aromatic nitrogens is 1. The van der Waals surface area contributed by atoms with E-state index in [0.29, 0.717) is 24.5 Å². The van der Waals surface area contributed by atoms with E-state index in [0.717, 1.165) is 6.42 Å². The van der Waals surface area contributed by atoms with Crippen molar-refractivity contribution in [3.05, 3.63) is 11.5 Å². The molecule has 0 aliphatic carbocycles. The molecule has 2 N–H and O–H groups in total. The number of rotatable bonds is 3. The second-order valence-corrected chi connectivity index (χ2v) is 6.80. The Bertz CT molecular complexity index is 522. The Morgan fingerprint density at radius 1 is 1.47 bits per heavy atom. The Morgan fingerprint density at radius 3 is 2.53 bits per heavy atom. The van der Waals surface area contributed by atoms with Crippen molar-refractivity contribution in [2.45, 2.75) is 38.1 Å². The van der Waals surface area contributed by atoms with Crippen LogP contribution in [-0.2, 0) is 10.0 Å². The van der Waals surface area contributed by atoms with Crippen LogP contribution >= 0.6 is 12.4 Å². The monoisotopic (exact) mass is 309 g/mol. The summed E-state index contributed by atoms with van der Waals surface area (Å²) >= 11 is 0. The second-order valence-electron chi connectivity index (χ2n) is 4.92. The summed E-state index contributed by atoms with van der Waals surface area (Å²) < 4.78 is 31.4. The molecule has 0 saturated carbocycles. The molecule has 1 aromatic heterocycles. The van der Waals surface area contributed by atoms with Crippen LogP contribution in [-0.4, -0.2) is 37.0 Å². The number of hydrogen-bond acceptors (Lipinski definition) is 5. The maximum absolute atomic E-state index is 12.5. The zero-order chi connectivity index (χ0) is 13.5. The van der Waals surface area contributed by atoms with E-state index in [9.17, 15) is 8.42 Å². The van der Waals surface area contributed by atoms with E-state index in [-0.39, 0.29) is 29.3 Å². The van der Waals surface area contributed by atoms with Gasteiger partial charge < -0.3 is 10.3 Å². The quantitative estimate of drug-likeness (QED) is 0.902. The van der Waals surface area contributed by atoms with Gasteiger partial charge in [0.05, 0.1) is 0 Å². The van der Waals surface area contributed by atoms with E-state index < -0.39 is 10.0 Å². The molecule has 6 nitrogen and oxygen atoms in total. The predicted octanol–water partition coefficient (Wildman–Crippen LogP) is 1.07. The lowest BCUT2D eigenvalue weighted by Gasteiger charge is -2.17. The molecule has 0 aromatic carbocycles. The number of nitrogens with zero attached hydrogens (tertiary/aromatic N) is 2. The van der Waals surface area contributed by atoms with Gasteiger partial charge in [-0.15, -0.1) is 12.4 Å². The Morgan fingerprint density at radius 2 is 2.11 bits per heavy atom. The van der Waals surface area contributed by atoms with E-state index in [1.54, 1.807) is 13.8 Å². The summed E-state index contributed by atoms with van der Waals surface area (Å²) in [6, 6.07) is 0.00914. The Hall–Kier alpha value is -0.630. The molecule has 1 fully saturated rings. The first-order valence-electron chi connectivity index (χ1n) is 6.02. The molecule has 0 bridgehead atoms. The van der Waals surface area contributed by atoms with Crippen LogP contribution in [0.1, 0.15) is 24.8 Å². The van der Waals surface area contributed by atoms with Crippen molar-refractivity contribution in [2.75, 3.05) is 13.1 Å². The average Bonchev–Trinajstić information content (AvgIpc) is 2.85. The van der Waals surface area contributed by atoms with Gasteiger partial charge in [0.2, 0.25) is 10.0 Å². The van der Waals surface area contributed by atoms with Gasteiger partial charge in [-0.2, -0.15) is 4.31 Å². The first-order valence-corrected chi connectivity index (χ1v) is 7.46. The highest BCUT2D eigenvalue weighted by molar-refractivity contribution is 7.89. The van der Waals surface area contributed by atoms with Crippen molar-refractivity contribution in [1.82, 2.24) is 9.46 Å². The fraction of sp³-hybridized carbons (Fsp3) is 0.727. The van der Waals surface area contributed by atoms with E-state index >= 15 is 0 Å². The van der Waals surface area contributed by atoms with Crippen LogP contribution in [0.5, 0.6) is 0 Å². The van der Waals surface area contributed by atoms with E-state index in [4.69, 9.17) is 10.3 Å². The lowest BCUT2D eigenvalue weighted by atomic mass is 10.0. The minimum absolute atomic E-state index is 0. The highest BCUT2D eigenvalue weighted by Gasteiger charge is 2.37. The van der Waals surface area contributed by atoms with Crippen LogP contribution in [0.2, 0.25) is 0 Å². The first-order chi connectivity index (χ1) is 8.34. The number of hydrogen-bond donors (Lipinski definition) is 1. The van der Waals surface area contributed by atoms with Crippen molar-refractivity contribution >= 4 is 22.4 Å². The molecule has 1 aliphatic heterocycles. The Labute approximate surface area is 119 Å². The third kappa shape index (κ3) is 2.94. The normalized spacial score (nSPS) is 22.2. The maximum atomic E-state index is 12.5. The van der Waals surface area contributed by atoms with Gasteiger partial charge in [0.25, 0.3) is 0 Å². The molecule has 19 heavy (non-hydrogen) atoms. The van der Waals surface area contributed by atoms with Crippen molar-refractivity contribution in [3.8, 4) is 0 Å².